The molecular formula is C19H26N2O2. The number of aryl methyl sites for hydroxylation is 1. The Balaban J connectivity index is 1.58. The van der Waals surface area contributed by atoms with Crippen molar-refractivity contribution in [1.29, 1.82) is 0 Å². The number of hydrogen-bond acceptors (Lipinski definition) is 3. The zero-order chi connectivity index (χ0) is 16.0. The minimum atomic E-state index is -0.684. The lowest BCUT2D eigenvalue weighted by Crippen LogP contribution is -2.48. The number of anilines is 1. The minimum absolute atomic E-state index is 0.0679. The number of hydrogen-bond donors (Lipinski definition) is 2. The molecule has 0 spiro atoms. The topological polar surface area (TPSA) is 52.6 Å². The summed E-state index contributed by atoms with van der Waals surface area (Å²) in [6, 6.07) is 6.01. The van der Waals surface area contributed by atoms with Gasteiger partial charge in [-0.05, 0) is 43.2 Å². The summed E-state index contributed by atoms with van der Waals surface area (Å²) >= 11 is 0. The van der Waals surface area contributed by atoms with Gasteiger partial charge >= 0.3 is 0 Å². The second-order valence-corrected chi connectivity index (χ2v) is 7.58. The highest BCUT2D eigenvalue weighted by molar-refractivity contribution is 6.00. The van der Waals surface area contributed by atoms with Crippen LogP contribution in [0.1, 0.15) is 48.5 Å². The highest BCUT2D eigenvalue weighted by atomic mass is 16.3. The summed E-state index contributed by atoms with van der Waals surface area (Å²) in [7, 11) is 0. The first-order chi connectivity index (χ1) is 11.1. The van der Waals surface area contributed by atoms with Crippen molar-refractivity contribution in [2.45, 2.75) is 44.6 Å². The van der Waals surface area contributed by atoms with Crippen molar-refractivity contribution in [3.05, 3.63) is 29.3 Å². The molecule has 4 nitrogen and oxygen atoms in total. The van der Waals surface area contributed by atoms with Crippen LogP contribution >= 0.6 is 0 Å². The van der Waals surface area contributed by atoms with Gasteiger partial charge in [0.15, 0.2) is 0 Å². The van der Waals surface area contributed by atoms with E-state index < -0.39 is 5.60 Å². The zero-order valence-corrected chi connectivity index (χ0v) is 13.8. The molecule has 1 aromatic carbocycles. The average Bonchev–Trinajstić information content (AvgIpc) is 2.80. The molecule has 4 heteroatoms. The molecule has 0 unspecified atom stereocenters. The predicted molar refractivity (Wildman–Crippen MR) is 90.6 cm³/mol. The monoisotopic (exact) mass is 314 g/mol. The third-order valence-electron chi connectivity index (χ3n) is 6.20. The van der Waals surface area contributed by atoms with Gasteiger partial charge in [-0.25, -0.2) is 0 Å². The molecule has 1 saturated carbocycles. The number of fused-ring (bicyclic) bond motifs is 1. The Morgan fingerprint density at radius 3 is 2.91 bits per heavy atom. The van der Waals surface area contributed by atoms with Crippen LogP contribution in [0.15, 0.2) is 18.2 Å². The van der Waals surface area contributed by atoms with Crippen LogP contribution in [0.5, 0.6) is 0 Å². The first-order valence-corrected chi connectivity index (χ1v) is 8.97. The quantitative estimate of drug-likeness (QED) is 0.882. The van der Waals surface area contributed by atoms with Gasteiger partial charge < -0.3 is 15.3 Å². The number of rotatable bonds is 2. The molecule has 2 atom stereocenters. The van der Waals surface area contributed by atoms with Gasteiger partial charge in [0.1, 0.15) is 0 Å². The van der Waals surface area contributed by atoms with Crippen LogP contribution in [0, 0.1) is 11.8 Å². The van der Waals surface area contributed by atoms with Gasteiger partial charge in [0.05, 0.1) is 23.4 Å². The molecule has 2 heterocycles. The molecule has 1 amide bonds. The standard InChI is InChI=1S/C19H26N2O2/c1-13-11-21(12-19(13,23)15-7-3-8-15)18(22)16-9-2-5-14-6-4-10-20-17(14)16/h2,5,9,13,15,20,23H,3-4,6-8,10-12H2,1H3/t13-,19+/m1/s1. The Hall–Kier alpha value is -1.55. The van der Waals surface area contributed by atoms with Crippen molar-refractivity contribution < 1.29 is 9.90 Å². The van der Waals surface area contributed by atoms with Crippen molar-refractivity contribution >= 4 is 11.6 Å². The summed E-state index contributed by atoms with van der Waals surface area (Å²) in [5, 5.41) is 14.5. The second kappa shape index (κ2) is 5.52. The molecule has 3 aliphatic rings. The van der Waals surface area contributed by atoms with Gasteiger partial charge in [0.2, 0.25) is 0 Å². The molecule has 2 N–H and O–H groups in total. The second-order valence-electron chi connectivity index (χ2n) is 7.58. The van der Waals surface area contributed by atoms with Crippen LogP contribution in [0.25, 0.3) is 0 Å². The van der Waals surface area contributed by atoms with Crippen LogP contribution in [0.2, 0.25) is 0 Å². The number of carbonyl (C=O) groups excluding carboxylic acids is 1. The normalized spacial score (nSPS) is 30.5. The number of para-hydroxylation sites is 1. The highest BCUT2D eigenvalue weighted by Gasteiger charge is 2.51. The Labute approximate surface area is 137 Å². The van der Waals surface area contributed by atoms with E-state index >= 15 is 0 Å². The van der Waals surface area contributed by atoms with E-state index in [1.807, 2.05) is 17.0 Å². The van der Waals surface area contributed by atoms with Crippen LogP contribution in [-0.2, 0) is 6.42 Å². The van der Waals surface area contributed by atoms with E-state index in [1.54, 1.807) is 0 Å². The number of benzene rings is 1. The molecule has 0 aromatic heterocycles. The molecular weight excluding hydrogens is 288 g/mol. The Morgan fingerprint density at radius 1 is 1.35 bits per heavy atom. The van der Waals surface area contributed by atoms with Gasteiger partial charge in [-0.1, -0.05) is 25.5 Å². The number of β-amino-alcohol motifs (C(OH)–C–C–N with tert-alkyl or cyclic N) is 1. The first-order valence-electron chi connectivity index (χ1n) is 8.97. The summed E-state index contributed by atoms with van der Waals surface area (Å²) in [6.07, 6.45) is 5.57. The van der Waals surface area contributed by atoms with E-state index in [-0.39, 0.29) is 11.8 Å². The summed E-state index contributed by atoms with van der Waals surface area (Å²) in [5.74, 6) is 0.598. The molecule has 23 heavy (non-hydrogen) atoms. The Kier molecular flexibility index (Phi) is 3.60. The number of nitrogens with one attached hydrogen (secondary N) is 1. The van der Waals surface area contributed by atoms with E-state index in [9.17, 15) is 9.90 Å². The van der Waals surface area contributed by atoms with Crippen molar-refractivity contribution in [3.8, 4) is 0 Å². The van der Waals surface area contributed by atoms with Crippen molar-refractivity contribution in [3.63, 3.8) is 0 Å². The zero-order valence-electron chi connectivity index (χ0n) is 13.8. The summed E-state index contributed by atoms with van der Waals surface area (Å²) in [6.45, 7) is 4.17. The van der Waals surface area contributed by atoms with Crippen LogP contribution in [0.3, 0.4) is 0 Å². The summed E-state index contributed by atoms with van der Waals surface area (Å²) < 4.78 is 0. The lowest BCUT2D eigenvalue weighted by atomic mass is 9.69. The molecule has 1 aliphatic carbocycles. The smallest absolute Gasteiger partial charge is 0.256 e. The maximum absolute atomic E-state index is 13.1. The van der Waals surface area contributed by atoms with Crippen molar-refractivity contribution in [2.24, 2.45) is 11.8 Å². The molecule has 0 bridgehead atoms. The largest absolute Gasteiger partial charge is 0.387 e. The average molecular weight is 314 g/mol. The van der Waals surface area contributed by atoms with Gasteiger partial charge in [0, 0.05) is 19.0 Å². The lowest BCUT2D eigenvalue weighted by Gasteiger charge is -2.41. The van der Waals surface area contributed by atoms with Crippen LogP contribution < -0.4 is 5.32 Å². The number of nitrogens with zero attached hydrogens (tertiary/aromatic N) is 1. The molecule has 2 fully saturated rings. The van der Waals surface area contributed by atoms with Gasteiger partial charge in [0.25, 0.3) is 5.91 Å². The van der Waals surface area contributed by atoms with Gasteiger partial charge in [-0.3, -0.25) is 4.79 Å². The fourth-order valence-electron chi connectivity index (χ4n) is 4.47. The molecule has 124 valence electrons. The third kappa shape index (κ3) is 2.35. The maximum Gasteiger partial charge on any atom is 0.256 e. The van der Waals surface area contributed by atoms with E-state index in [0.717, 1.165) is 43.5 Å². The van der Waals surface area contributed by atoms with Gasteiger partial charge in [-0.2, -0.15) is 0 Å². The number of aliphatic hydroxyl groups is 1. The van der Waals surface area contributed by atoms with Gasteiger partial charge in [-0.15, -0.1) is 0 Å². The molecule has 2 aliphatic heterocycles. The predicted octanol–water partition coefficient (Wildman–Crippen LogP) is 2.67. The maximum atomic E-state index is 13.1. The molecule has 4 rings (SSSR count). The van der Waals surface area contributed by atoms with E-state index in [0.29, 0.717) is 19.0 Å². The number of amides is 1. The van der Waals surface area contributed by atoms with Crippen LogP contribution in [-0.4, -0.2) is 41.1 Å². The van der Waals surface area contributed by atoms with Crippen molar-refractivity contribution in [2.75, 3.05) is 25.0 Å². The Morgan fingerprint density at radius 2 is 2.17 bits per heavy atom. The Bertz CT molecular complexity index is 626. The fraction of sp³-hybridized carbons (Fsp3) is 0.632. The number of likely N-dealkylation sites (tertiary alicyclic amines) is 1. The highest BCUT2D eigenvalue weighted by Crippen LogP contribution is 2.44. The first kappa shape index (κ1) is 15.0. The minimum Gasteiger partial charge on any atom is -0.387 e. The molecule has 0 radical (unpaired) electrons. The lowest BCUT2D eigenvalue weighted by molar-refractivity contribution is -0.0660. The van der Waals surface area contributed by atoms with E-state index in [4.69, 9.17) is 0 Å². The fourth-order valence-corrected chi connectivity index (χ4v) is 4.47. The van der Waals surface area contributed by atoms with Crippen LogP contribution in [0.4, 0.5) is 5.69 Å². The SMILES string of the molecule is C[C@@H]1CN(C(=O)c2cccc3c2NCCC3)C[C@@]1(O)C1CCC1. The van der Waals surface area contributed by atoms with E-state index in [2.05, 4.69) is 18.3 Å². The third-order valence-corrected chi connectivity index (χ3v) is 6.20. The van der Waals surface area contributed by atoms with Crippen molar-refractivity contribution in [1.82, 2.24) is 4.90 Å². The van der Waals surface area contributed by atoms with E-state index in [1.165, 1.54) is 12.0 Å². The molecule has 1 aromatic rings. The summed E-state index contributed by atoms with van der Waals surface area (Å²) in [4.78, 5) is 14.9. The molecule has 1 saturated heterocycles. The summed E-state index contributed by atoms with van der Waals surface area (Å²) in [5.41, 5.74) is 2.34. The number of carbonyl (C=O) groups is 1.